The van der Waals surface area contributed by atoms with Crippen LogP contribution in [0.3, 0.4) is 0 Å². The van der Waals surface area contributed by atoms with Crippen LogP contribution in [0.4, 0.5) is 15.8 Å². The molecule has 1 aromatic heterocycles. The molecule has 112 valence electrons. The highest BCUT2D eigenvalue weighted by atomic mass is 32.1. The summed E-state index contributed by atoms with van der Waals surface area (Å²) in [7, 11) is 0. The highest BCUT2D eigenvalue weighted by Crippen LogP contribution is 2.29. The number of carbonyl (C=O) groups is 1. The molecule has 1 heterocycles. The van der Waals surface area contributed by atoms with Crippen LogP contribution in [-0.4, -0.2) is 17.1 Å². The molecule has 0 saturated heterocycles. The Labute approximate surface area is 126 Å². The minimum absolute atomic E-state index is 0.0202. The number of carboxylic acid groups (broad SMARTS) is 1. The lowest BCUT2D eigenvalue weighted by atomic mass is 10.1. The van der Waals surface area contributed by atoms with Crippen molar-refractivity contribution >= 4 is 28.7 Å². The molecule has 3 N–H and O–H groups in total. The molecule has 6 heteroatoms. The SMILES string of the molecule is CC(C)N(Cc1cccs1)c1cc(C(=O)O)c(N)cc1F. The molecule has 0 saturated carbocycles. The Morgan fingerprint density at radius 3 is 2.71 bits per heavy atom. The Balaban J connectivity index is 2.44. The monoisotopic (exact) mass is 308 g/mol. The van der Waals surface area contributed by atoms with E-state index in [-0.39, 0.29) is 23.0 Å². The summed E-state index contributed by atoms with van der Waals surface area (Å²) in [5, 5.41) is 11.1. The van der Waals surface area contributed by atoms with Gasteiger partial charge in [-0.2, -0.15) is 0 Å². The van der Waals surface area contributed by atoms with Crippen molar-refractivity contribution in [3.63, 3.8) is 0 Å². The van der Waals surface area contributed by atoms with E-state index in [1.54, 1.807) is 11.3 Å². The first-order valence-electron chi connectivity index (χ1n) is 6.51. The molecule has 0 radical (unpaired) electrons. The standard InChI is InChI=1S/C15H17FN2O2S/c1-9(2)18(8-10-4-3-5-21-10)14-6-11(15(19)20)13(17)7-12(14)16/h3-7,9H,8,17H2,1-2H3,(H,19,20). The van der Waals surface area contributed by atoms with Crippen molar-refractivity contribution in [3.05, 3.63) is 45.9 Å². The number of thiophene rings is 1. The number of hydrogen-bond donors (Lipinski definition) is 2. The fraction of sp³-hybridized carbons (Fsp3) is 0.267. The number of benzene rings is 1. The smallest absolute Gasteiger partial charge is 0.337 e. The molecule has 0 fully saturated rings. The maximum atomic E-state index is 14.2. The Bertz CT molecular complexity index is 641. The zero-order chi connectivity index (χ0) is 15.6. The van der Waals surface area contributed by atoms with E-state index in [1.165, 1.54) is 6.07 Å². The third-order valence-corrected chi connectivity index (χ3v) is 4.05. The zero-order valence-electron chi connectivity index (χ0n) is 11.8. The Hall–Kier alpha value is -2.08. The van der Waals surface area contributed by atoms with Gasteiger partial charge in [0.05, 0.1) is 17.8 Å². The normalized spacial score (nSPS) is 10.9. The number of hydrogen-bond acceptors (Lipinski definition) is 4. The van der Waals surface area contributed by atoms with Crippen LogP contribution < -0.4 is 10.6 Å². The number of nitrogen functional groups attached to an aromatic ring is 1. The number of nitrogens with zero attached hydrogens (tertiary/aromatic N) is 1. The average molecular weight is 308 g/mol. The lowest BCUT2D eigenvalue weighted by Gasteiger charge is -2.29. The van der Waals surface area contributed by atoms with Gasteiger partial charge >= 0.3 is 5.97 Å². The summed E-state index contributed by atoms with van der Waals surface area (Å²) in [5.74, 6) is -1.67. The van der Waals surface area contributed by atoms with E-state index in [1.807, 2.05) is 36.3 Å². The Kier molecular flexibility index (Phi) is 4.47. The van der Waals surface area contributed by atoms with Gasteiger partial charge in [-0.05, 0) is 37.4 Å². The number of halogens is 1. The molecule has 0 aliphatic rings. The number of rotatable bonds is 5. The predicted molar refractivity (Wildman–Crippen MR) is 83.4 cm³/mol. The van der Waals surface area contributed by atoms with E-state index in [2.05, 4.69) is 0 Å². The molecule has 0 unspecified atom stereocenters. The van der Waals surface area contributed by atoms with E-state index >= 15 is 0 Å². The van der Waals surface area contributed by atoms with Crippen LogP contribution in [0.2, 0.25) is 0 Å². The van der Waals surface area contributed by atoms with Gasteiger partial charge in [-0.1, -0.05) is 6.07 Å². The van der Waals surface area contributed by atoms with E-state index < -0.39 is 11.8 Å². The van der Waals surface area contributed by atoms with Crippen molar-refractivity contribution in [2.45, 2.75) is 26.4 Å². The van der Waals surface area contributed by atoms with Gasteiger partial charge in [-0.3, -0.25) is 0 Å². The van der Waals surface area contributed by atoms with Crippen molar-refractivity contribution in [2.24, 2.45) is 0 Å². The topological polar surface area (TPSA) is 66.6 Å². The number of nitrogens with two attached hydrogens (primary N) is 1. The van der Waals surface area contributed by atoms with E-state index in [9.17, 15) is 9.18 Å². The second-order valence-corrected chi connectivity index (χ2v) is 6.03. The van der Waals surface area contributed by atoms with Crippen molar-refractivity contribution in [1.82, 2.24) is 0 Å². The van der Waals surface area contributed by atoms with Crippen molar-refractivity contribution < 1.29 is 14.3 Å². The minimum Gasteiger partial charge on any atom is -0.478 e. The first-order valence-corrected chi connectivity index (χ1v) is 7.39. The Morgan fingerprint density at radius 1 is 1.48 bits per heavy atom. The fourth-order valence-corrected chi connectivity index (χ4v) is 2.80. The van der Waals surface area contributed by atoms with Gasteiger partial charge in [0.2, 0.25) is 0 Å². The molecule has 21 heavy (non-hydrogen) atoms. The maximum absolute atomic E-state index is 14.2. The minimum atomic E-state index is -1.16. The average Bonchev–Trinajstić information content (AvgIpc) is 2.89. The molecular formula is C15H17FN2O2S. The van der Waals surface area contributed by atoms with Crippen LogP contribution in [0.25, 0.3) is 0 Å². The number of carboxylic acids is 1. The summed E-state index contributed by atoms with van der Waals surface area (Å²) in [6.07, 6.45) is 0. The van der Waals surface area contributed by atoms with Gasteiger partial charge < -0.3 is 15.7 Å². The largest absolute Gasteiger partial charge is 0.478 e. The summed E-state index contributed by atoms with van der Waals surface area (Å²) in [4.78, 5) is 14.1. The van der Waals surface area contributed by atoms with E-state index in [0.29, 0.717) is 6.54 Å². The van der Waals surface area contributed by atoms with Gasteiger partial charge in [0.15, 0.2) is 0 Å². The molecule has 0 spiro atoms. The van der Waals surface area contributed by atoms with Crippen molar-refractivity contribution in [1.29, 1.82) is 0 Å². The molecule has 0 atom stereocenters. The Morgan fingerprint density at radius 2 is 2.19 bits per heavy atom. The molecule has 0 aliphatic heterocycles. The van der Waals surface area contributed by atoms with Gasteiger partial charge in [0.25, 0.3) is 0 Å². The van der Waals surface area contributed by atoms with Crippen LogP contribution in [0.15, 0.2) is 29.6 Å². The van der Waals surface area contributed by atoms with Crippen LogP contribution in [0.1, 0.15) is 29.1 Å². The molecular weight excluding hydrogens is 291 g/mol. The van der Waals surface area contributed by atoms with Crippen LogP contribution in [0.5, 0.6) is 0 Å². The maximum Gasteiger partial charge on any atom is 0.337 e. The van der Waals surface area contributed by atoms with Gasteiger partial charge in [0, 0.05) is 16.6 Å². The number of aromatic carboxylic acids is 1. The van der Waals surface area contributed by atoms with Crippen molar-refractivity contribution in [3.8, 4) is 0 Å². The molecule has 2 aromatic rings. The molecule has 0 bridgehead atoms. The van der Waals surface area contributed by atoms with Crippen LogP contribution in [0, 0.1) is 5.82 Å². The van der Waals surface area contributed by atoms with Gasteiger partial charge in [0.1, 0.15) is 5.82 Å². The molecule has 2 rings (SSSR count). The third kappa shape index (κ3) is 3.33. The lowest BCUT2D eigenvalue weighted by Crippen LogP contribution is -2.31. The molecule has 1 aromatic carbocycles. The predicted octanol–water partition coefficient (Wildman–Crippen LogP) is 3.58. The summed E-state index contributed by atoms with van der Waals surface area (Å²) in [5.41, 5.74) is 5.67. The first kappa shape index (κ1) is 15.3. The van der Waals surface area contributed by atoms with Gasteiger partial charge in [-0.15, -0.1) is 11.3 Å². The van der Waals surface area contributed by atoms with Gasteiger partial charge in [-0.25, -0.2) is 9.18 Å². The second kappa shape index (κ2) is 6.13. The van der Waals surface area contributed by atoms with Crippen LogP contribution >= 0.6 is 11.3 Å². The van der Waals surface area contributed by atoms with E-state index in [0.717, 1.165) is 10.9 Å². The lowest BCUT2D eigenvalue weighted by molar-refractivity contribution is 0.0698. The van der Waals surface area contributed by atoms with Crippen LogP contribution in [-0.2, 0) is 6.54 Å². The second-order valence-electron chi connectivity index (χ2n) is 5.00. The summed E-state index contributed by atoms with van der Waals surface area (Å²) in [6.45, 7) is 4.39. The highest BCUT2D eigenvalue weighted by molar-refractivity contribution is 7.09. The molecule has 4 nitrogen and oxygen atoms in total. The molecule has 0 aliphatic carbocycles. The quantitative estimate of drug-likeness (QED) is 0.829. The fourth-order valence-electron chi connectivity index (χ4n) is 2.10. The summed E-state index contributed by atoms with van der Waals surface area (Å²) >= 11 is 1.58. The molecule has 0 amide bonds. The summed E-state index contributed by atoms with van der Waals surface area (Å²) < 4.78 is 14.2. The van der Waals surface area contributed by atoms with E-state index in [4.69, 9.17) is 10.8 Å². The summed E-state index contributed by atoms with van der Waals surface area (Å²) in [6, 6.07) is 6.30. The third-order valence-electron chi connectivity index (χ3n) is 3.19. The first-order chi connectivity index (χ1) is 9.90. The highest BCUT2D eigenvalue weighted by Gasteiger charge is 2.20. The zero-order valence-corrected chi connectivity index (χ0v) is 12.7. The number of anilines is 2. The van der Waals surface area contributed by atoms with Crippen molar-refractivity contribution in [2.75, 3.05) is 10.6 Å².